The van der Waals surface area contributed by atoms with E-state index in [0.29, 0.717) is 17.9 Å². The Morgan fingerprint density at radius 1 is 1.24 bits per heavy atom. The third kappa shape index (κ3) is 2.77. The maximum atomic E-state index is 5.97. The van der Waals surface area contributed by atoms with Crippen LogP contribution in [0.15, 0.2) is 0 Å². The summed E-state index contributed by atoms with van der Waals surface area (Å²) in [5.41, 5.74) is 6.97. The Hall–Kier alpha value is -1.56. The molecule has 2 heterocycles. The molecule has 1 atom stereocenters. The number of rotatable bonds is 4. The molecule has 2 fully saturated rings. The van der Waals surface area contributed by atoms with Crippen molar-refractivity contribution in [2.24, 2.45) is 0 Å². The number of nitrogens with two attached hydrogens (primary N) is 1. The van der Waals surface area contributed by atoms with Crippen LogP contribution in [0.4, 0.5) is 11.8 Å². The normalized spacial score (nSPS) is 23.0. The maximum Gasteiger partial charge on any atom is 0.222 e. The number of likely N-dealkylation sites (N-methyl/N-ethyl adjacent to an activating group) is 1. The van der Waals surface area contributed by atoms with Crippen LogP contribution in [0.5, 0.6) is 5.75 Å². The summed E-state index contributed by atoms with van der Waals surface area (Å²) in [5.74, 6) is 2.52. The Kier molecular flexibility index (Phi) is 4.14. The summed E-state index contributed by atoms with van der Waals surface area (Å²) in [7, 11) is 3.71. The molecule has 1 aliphatic carbocycles. The summed E-state index contributed by atoms with van der Waals surface area (Å²) in [6.07, 6.45) is 5.98. The van der Waals surface area contributed by atoms with Crippen molar-refractivity contribution in [3.05, 3.63) is 5.69 Å². The molecule has 0 spiro atoms. The van der Waals surface area contributed by atoms with E-state index in [2.05, 4.69) is 20.2 Å². The standard InChI is InChI=1S/C15H25N5O/c1-17-11-7-8-20(9-11)14-13(21-2)12(18-15(16)19-14)10-5-3-4-6-10/h10-11,17H,3-9H2,1-2H3,(H2,16,18,19). The molecule has 0 bridgehead atoms. The molecule has 0 radical (unpaired) electrons. The van der Waals surface area contributed by atoms with Gasteiger partial charge in [-0.3, -0.25) is 0 Å². The number of nitrogens with one attached hydrogen (secondary N) is 1. The van der Waals surface area contributed by atoms with E-state index in [9.17, 15) is 0 Å². The first kappa shape index (κ1) is 14.4. The van der Waals surface area contributed by atoms with Crippen molar-refractivity contribution in [1.82, 2.24) is 15.3 Å². The summed E-state index contributed by atoms with van der Waals surface area (Å²) in [6.45, 7) is 1.91. The number of methoxy groups -OCH3 is 1. The van der Waals surface area contributed by atoms with Gasteiger partial charge < -0.3 is 20.7 Å². The molecule has 1 aromatic rings. The van der Waals surface area contributed by atoms with Gasteiger partial charge in [0.1, 0.15) is 0 Å². The molecule has 6 nitrogen and oxygen atoms in total. The molecule has 6 heteroatoms. The van der Waals surface area contributed by atoms with E-state index < -0.39 is 0 Å². The summed E-state index contributed by atoms with van der Waals surface area (Å²) in [4.78, 5) is 11.2. The van der Waals surface area contributed by atoms with Crippen LogP contribution in [0.3, 0.4) is 0 Å². The summed E-state index contributed by atoms with van der Waals surface area (Å²) >= 11 is 0. The monoisotopic (exact) mass is 291 g/mol. The zero-order valence-corrected chi connectivity index (χ0v) is 12.9. The van der Waals surface area contributed by atoms with Crippen LogP contribution in [0, 0.1) is 0 Å². The molecule has 1 saturated heterocycles. The summed E-state index contributed by atoms with van der Waals surface area (Å²) < 4.78 is 5.68. The maximum absolute atomic E-state index is 5.97. The van der Waals surface area contributed by atoms with Crippen LogP contribution < -0.4 is 20.7 Å². The first-order chi connectivity index (χ1) is 10.2. The van der Waals surface area contributed by atoms with E-state index in [1.54, 1.807) is 7.11 Å². The molecule has 3 N–H and O–H groups in total. The highest BCUT2D eigenvalue weighted by atomic mass is 16.5. The number of hydrogen-bond acceptors (Lipinski definition) is 6. The first-order valence-corrected chi connectivity index (χ1v) is 7.86. The minimum absolute atomic E-state index is 0.362. The third-order valence-corrected chi connectivity index (χ3v) is 4.73. The van der Waals surface area contributed by atoms with Gasteiger partial charge in [0, 0.05) is 25.0 Å². The van der Waals surface area contributed by atoms with Crippen LogP contribution in [-0.2, 0) is 0 Å². The van der Waals surface area contributed by atoms with Gasteiger partial charge in [-0.15, -0.1) is 0 Å². The van der Waals surface area contributed by atoms with Crippen LogP contribution in [0.2, 0.25) is 0 Å². The molecular formula is C15H25N5O. The Morgan fingerprint density at radius 2 is 2.00 bits per heavy atom. The minimum Gasteiger partial charge on any atom is -0.491 e. The number of hydrogen-bond donors (Lipinski definition) is 2. The Balaban J connectivity index is 1.95. The van der Waals surface area contributed by atoms with Crippen LogP contribution >= 0.6 is 0 Å². The second-order valence-corrected chi connectivity index (χ2v) is 6.03. The van der Waals surface area contributed by atoms with Gasteiger partial charge in [-0.2, -0.15) is 4.98 Å². The van der Waals surface area contributed by atoms with Gasteiger partial charge in [-0.05, 0) is 26.3 Å². The van der Waals surface area contributed by atoms with E-state index in [1.807, 2.05) is 7.05 Å². The smallest absolute Gasteiger partial charge is 0.222 e. The number of ether oxygens (including phenoxy) is 1. The van der Waals surface area contributed by atoms with E-state index in [0.717, 1.165) is 36.8 Å². The van der Waals surface area contributed by atoms with Crippen molar-refractivity contribution >= 4 is 11.8 Å². The number of anilines is 2. The highest BCUT2D eigenvalue weighted by Crippen LogP contribution is 2.42. The lowest BCUT2D eigenvalue weighted by molar-refractivity contribution is 0.399. The van der Waals surface area contributed by atoms with Crippen molar-refractivity contribution in [2.75, 3.05) is 37.9 Å². The van der Waals surface area contributed by atoms with Gasteiger partial charge in [0.25, 0.3) is 0 Å². The van der Waals surface area contributed by atoms with E-state index in [-0.39, 0.29) is 0 Å². The molecule has 1 saturated carbocycles. The second kappa shape index (κ2) is 6.05. The minimum atomic E-state index is 0.362. The predicted octanol–water partition coefficient (Wildman–Crippen LogP) is 1.52. The molecule has 1 aromatic heterocycles. The fourth-order valence-corrected chi connectivity index (χ4v) is 3.55. The van der Waals surface area contributed by atoms with Gasteiger partial charge >= 0.3 is 0 Å². The molecule has 1 aliphatic heterocycles. The van der Waals surface area contributed by atoms with Crippen LogP contribution in [-0.4, -0.2) is 43.3 Å². The quantitative estimate of drug-likeness (QED) is 0.876. The lowest BCUT2D eigenvalue weighted by Crippen LogP contribution is -2.30. The number of nitrogens with zero attached hydrogens (tertiary/aromatic N) is 3. The van der Waals surface area contributed by atoms with E-state index in [4.69, 9.17) is 10.5 Å². The predicted molar refractivity (Wildman–Crippen MR) is 83.9 cm³/mol. The van der Waals surface area contributed by atoms with Crippen LogP contribution in [0.1, 0.15) is 43.7 Å². The van der Waals surface area contributed by atoms with Gasteiger partial charge in [-0.1, -0.05) is 12.8 Å². The number of aromatic nitrogens is 2. The molecule has 21 heavy (non-hydrogen) atoms. The van der Waals surface area contributed by atoms with E-state index >= 15 is 0 Å². The molecule has 3 rings (SSSR count). The second-order valence-electron chi connectivity index (χ2n) is 6.03. The fourth-order valence-electron chi connectivity index (χ4n) is 3.55. The molecule has 116 valence electrons. The zero-order chi connectivity index (χ0) is 14.8. The largest absolute Gasteiger partial charge is 0.491 e. The average Bonchev–Trinajstić information content (AvgIpc) is 3.17. The molecule has 0 amide bonds. The molecule has 2 aliphatic rings. The molecule has 0 aromatic carbocycles. The SMILES string of the molecule is CNC1CCN(c2nc(N)nc(C3CCCC3)c2OC)C1. The van der Waals surface area contributed by atoms with Crippen molar-refractivity contribution < 1.29 is 4.74 Å². The molecule has 1 unspecified atom stereocenters. The Labute approximate surface area is 126 Å². The number of nitrogen functional groups attached to an aromatic ring is 1. The topological polar surface area (TPSA) is 76.3 Å². The lowest BCUT2D eigenvalue weighted by Gasteiger charge is -2.23. The zero-order valence-electron chi connectivity index (χ0n) is 12.9. The fraction of sp³-hybridized carbons (Fsp3) is 0.733. The highest BCUT2D eigenvalue weighted by Gasteiger charge is 2.30. The average molecular weight is 291 g/mol. The van der Waals surface area contributed by atoms with Crippen molar-refractivity contribution in [3.63, 3.8) is 0 Å². The Bertz CT molecular complexity index is 501. The van der Waals surface area contributed by atoms with Gasteiger partial charge in [0.15, 0.2) is 11.6 Å². The Morgan fingerprint density at radius 3 is 2.62 bits per heavy atom. The highest BCUT2D eigenvalue weighted by molar-refractivity contribution is 5.59. The van der Waals surface area contributed by atoms with Crippen LogP contribution in [0.25, 0.3) is 0 Å². The van der Waals surface area contributed by atoms with Gasteiger partial charge in [-0.25, -0.2) is 4.98 Å². The van der Waals surface area contributed by atoms with Crippen molar-refractivity contribution in [1.29, 1.82) is 0 Å². The summed E-state index contributed by atoms with van der Waals surface area (Å²) in [5, 5.41) is 3.33. The van der Waals surface area contributed by atoms with Gasteiger partial charge in [0.2, 0.25) is 5.95 Å². The summed E-state index contributed by atoms with van der Waals surface area (Å²) in [6, 6.07) is 0.501. The van der Waals surface area contributed by atoms with Crippen molar-refractivity contribution in [2.45, 2.75) is 44.1 Å². The third-order valence-electron chi connectivity index (χ3n) is 4.73. The van der Waals surface area contributed by atoms with Crippen molar-refractivity contribution in [3.8, 4) is 5.75 Å². The first-order valence-electron chi connectivity index (χ1n) is 7.86. The lowest BCUT2D eigenvalue weighted by atomic mass is 10.0. The molecular weight excluding hydrogens is 266 g/mol. The van der Waals surface area contributed by atoms with Gasteiger partial charge in [0.05, 0.1) is 12.8 Å². The van der Waals surface area contributed by atoms with E-state index in [1.165, 1.54) is 25.7 Å².